The van der Waals surface area contributed by atoms with Gasteiger partial charge in [-0.15, -0.1) is 0 Å². The zero-order valence-electron chi connectivity index (χ0n) is 11.0. The Labute approximate surface area is 107 Å². The molecular formula is C12H20N4O2. The lowest BCUT2D eigenvalue weighted by Crippen LogP contribution is -2.33. The summed E-state index contributed by atoms with van der Waals surface area (Å²) >= 11 is 0. The van der Waals surface area contributed by atoms with Crippen LogP contribution in [-0.4, -0.2) is 26.8 Å². The Morgan fingerprint density at radius 1 is 1.11 bits per heavy atom. The van der Waals surface area contributed by atoms with Crippen LogP contribution in [0.2, 0.25) is 0 Å². The molecule has 100 valence electrons. The molecule has 0 bridgehead atoms. The van der Waals surface area contributed by atoms with Gasteiger partial charge in [0.1, 0.15) is 11.4 Å². The van der Waals surface area contributed by atoms with Crippen LogP contribution >= 0.6 is 0 Å². The summed E-state index contributed by atoms with van der Waals surface area (Å²) in [5.74, 6) is 0.942. The molecule has 0 spiro atoms. The van der Waals surface area contributed by atoms with E-state index in [-0.39, 0.29) is 0 Å². The maximum Gasteiger partial charge on any atom is 0.188 e. The smallest absolute Gasteiger partial charge is 0.188 e. The van der Waals surface area contributed by atoms with Crippen LogP contribution in [-0.2, 0) is 0 Å². The highest BCUT2D eigenvalue weighted by atomic mass is 16.5. The van der Waals surface area contributed by atoms with Gasteiger partial charge in [-0.05, 0) is 6.42 Å². The van der Waals surface area contributed by atoms with Crippen LogP contribution in [0, 0.1) is 0 Å². The highest BCUT2D eigenvalue weighted by molar-refractivity contribution is 5.98. The van der Waals surface area contributed by atoms with E-state index in [9.17, 15) is 0 Å². The third-order valence-electron chi connectivity index (χ3n) is 3.26. The molecule has 1 aliphatic heterocycles. The lowest BCUT2D eigenvalue weighted by molar-refractivity contribution is 0.358. The topological polar surface area (TPSA) is 94.6 Å². The largest absolute Gasteiger partial charge is 0.491 e. The molecule has 0 saturated carbocycles. The number of hydrogen-bond acceptors (Lipinski definition) is 6. The number of benzene rings is 1. The fraction of sp³-hybridized carbons (Fsp3) is 0.500. The number of anilines is 4. The lowest BCUT2D eigenvalue weighted by Gasteiger charge is -2.31. The van der Waals surface area contributed by atoms with Crippen LogP contribution in [0.1, 0.15) is 13.3 Å². The summed E-state index contributed by atoms with van der Waals surface area (Å²) < 4.78 is 10.6. The summed E-state index contributed by atoms with van der Waals surface area (Å²) in [6.45, 7) is 2.92. The fourth-order valence-electron chi connectivity index (χ4n) is 2.21. The van der Waals surface area contributed by atoms with Crippen LogP contribution in [0.4, 0.5) is 22.7 Å². The number of hydrogen-bond donors (Lipinski definition) is 4. The summed E-state index contributed by atoms with van der Waals surface area (Å²) in [4.78, 5) is 0. The average Bonchev–Trinajstić information content (AvgIpc) is 2.41. The number of fused-ring (bicyclic) bond motifs is 1. The summed E-state index contributed by atoms with van der Waals surface area (Å²) in [5, 5.41) is 6.67. The normalized spacial score (nSPS) is 17.4. The van der Waals surface area contributed by atoms with Gasteiger partial charge in [-0.1, -0.05) is 6.92 Å². The van der Waals surface area contributed by atoms with E-state index < -0.39 is 0 Å². The first-order chi connectivity index (χ1) is 8.63. The van der Waals surface area contributed by atoms with Crippen molar-refractivity contribution in [1.29, 1.82) is 0 Å². The summed E-state index contributed by atoms with van der Waals surface area (Å²) in [6.07, 6.45) is 1.00. The minimum Gasteiger partial charge on any atom is -0.491 e. The van der Waals surface area contributed by atoms with Crippen molar-refractivity contribution in [1.82, 2.24) is 0 Å². The highest BCUT2D eigenvalue weighted by Crippen LogP contribution is 2.50. The molecule has 0 saturated heterocycles. The van der Waals surface area contributed by atoms with Crippen molar-refractivity contribution in [2.24, 2.45) is 0 Å². The number of nitrogen functional groups attached to an aromatic ring is 2. The van der Waals surface area contributed by atoms with Gasteiger partial charge in [-0.2, -0.15) is 0 Å². The van der Waals surface area contributed by atoms with Gasteiger partial charge in [0.25, 0.3) is 0 Å². The van der Waals surface area contributed by atoms with E-state index in [1.807, 2.05) is 0 Å². The molecule has 18 heavy (non-hydrogen) atoms. The van der Waals surface area contributed by atoms with Crippen molar-refractivity contribution in [3.05, 3.63) is 0 Å². The molecule has 6 heteroatoms. The number of nitrogens with one attached hydrogen (secondary N) is 2. The summed E-state index contributed by atoms with van der Waals surface area (Å²) in [6, 6.07) is 0.331. The van der Waals surface area contributed by atoms with E-state index in [1.165, 1.54) is 0 Å². The molecule has 6 nitrogen and oxygen atoms in total. The molecule has 1 aliphatic rings. The zero-order chi connectivity index (χ0) is 13.3. The fourth-order valence-corrected chi connectivity index (χ4v) is 2.21. The minimum atomic E-state index is 0.331. The Kier molecular flexibility index (Phi) is 3.27. The van der Waals surface area contributed by atoms with E-state index >= 15 is 0 Å². The Balaban J connectivity index is 2.58. The second kappa shape index (κ2) is 4.72. The Hall–Kier alpha value is -1.98. The van der Waals surface area contributed by atoms with Crippen LogP contribution in [0.3, 0.4) is 0 Å². The molecule has 0 aromatic heterocycles. The standard InChI is InChI=1S/C12H20N4O2/c1-4-6-5-15-9-7(13)11(17-2)12(18-3)8(14)10(9)16-6/h6,15-16H,4-5,13-14H2,1-3H3. The highest BCUT2D eigenvalue weighted by Gasteiger charge is 2.27. The summed E-state index contributed by atoms with van der Waals surface area (Å²) in [5.41, 5.74) is 14.8. The van der Waals surface area contributed by atoms with Crippen LogP contribution < -0.4 is 31.6 Å². The lowest BCUT2D eigenvalue weighted by atomic mass is 10.1. The number of methoxy groups -OCH3 is 2. The number of ether oxygens (including phenoxy) is 2. The SMILES string of the molecule is CCC1CNc2c(N)c(OC)c(OC)c(N)c2N1. The van der Waals surface area contributed by atoms with E-state index in [1.54, 1.807) is 14.2 Å². The monoisotopic (exact) mass is 252 g/mol. The third kappa shape index (κ3) is 1.73. The molecular weight excluding hydrogens is 232 g/mol. The maximum absolute atomic E-state index is 6.11. The first-order valence-corrected chi connectivity index (χ1v) is 5.97. The molecule has 1 unspecified atom stereocenters. The predicted molar refractivity (Wildman–Crippen MR) is 74.6 cm³/mol. The molecule has 0 amide bonds. The van der Waals surface area contributed by atoms with Gasteiger partial charge in [-0.3, -0.25) is 0 Å². The predicted octanol–water partition coefficient (Wildman–Crippen LogP) is 1.48. The third-order valence-corrected chi connectivity index (χ3v) is 3.26. The van der Waals surface area contributed by atoms with E-state index in [0.29, 0.717) is 28.9 Å². The van der Waals surface area contributed by atoms with E-state index in [4.69, 9.17) is 20.9 Å². The maximum atomic E-state index is 6.11. The molecule has 6 N–H and O–H groups in total. The molecule has 1 aromatic carbocycles. The van der Waals surface area contributed by atoms with E-state index in [2.05, 4.69) is 17.6 Å². The van der Waals surface area contributed by atoms with Crippen molar-refractivity contribution in [3.8, 4) is 11.5 Å². The molecule has 0 fully saturated rings. The molecule has 1 heterocycles. The second-order valence-electron chi connectivity index (χ2n) is 4.27. The van der Waals surface area contributed by atoms with Crippen molar-refractivity contribution in [2.75, 3.05) is 42.9 Å². The molecule has 0 aliphatic carbocycles. The van der Waals surface area contributed by atoms with Crippen LogP contribution in [0.5, 0.6) is 11.5 Å². The van der Waals surface area contributed by atoms with Gasteiger partial charge in [0.2, 0.25) is 0 Å². The molecule has 0 radical (unpaired) electrons. The van der Waals surface area contributed by atoms with Crippen molar-refractivity contribution in [2.45, 2.75) is 19.4 Å². The Bertz CT molecular complexity index is 462. The van der Waals surface area contributed by atoms with Gasteiger partial charge < -0.3 is 31.6 Å². The Morgan fingerprint density at radius 3 is 2.17 bits per heavy atom. The zero-order valence-corrected chi connectivity index (χ0v) is 11.0. The molecule has 1 atom stereocenters. The van der Waals surface area contributed by atoms with Crippen molar-refractivity contribution >= 4 is 22.7 Å². The van der Waals surface area contributed by atoms with Crippen molar-refractivity contribution < 1.29 is 9.47 Å². The number of rotatable bonds is 3. The van der Waals surface area contributed by atoms with Gasteiger partial charge in [0.05, 0.1) is 25.6 Å². The minimum absolute atomic E-state index is 0.331. The first kappa shape index (κ1) is 12.5. The average molecular weight is 252 g/mol. The first-order valence-electron chi connectivity index (χ1n) is 5.97. The van der Waals surface area contributed by atoms with Gasteiger partial charge >= 0.3 is 0 Å². The van der Waals surface area contributed by atoms with Gasteiger partial charge in [0, 0.05) is 12.6 Å². The quantitative estimate of drug-likeness (QED) is 0.609. The second-order valence-corrected chi connectivity index (χ2v) is 4.27. The van der Waals surface area contributed by atoms with Crippen molar-refractivity contribution in [3.63, 3.8) is 0 Å². The summed E-state index contributed by atoms with van der Waals surface area (Å²) in [7, 11) is 3.10. The number of nitrogens with two attached hydrogens (primary N) is 2. The molecule has 2 rings (SSSR count). The Morgan fingerprint density at radius 2 is 1.67 bits per heavy atom. The van der Waals surface area contributed by atoms with Crippen LogP contribution in [0.25, 0.3) is 0 Å². The van der Waals surface area contributed by atoms with Crippen LogP contribution in [0.15, 0.2) is 0 Å². The van der Waals surface area contributed by atoms with Gasteiger partial charge in [-0.25, -0.2) is 0 Å². The molecule has 1 aromatic rings. The van der Waals surface area contributed by atoms with Gasteiger partial charge in [0.15, 0.2) is 11.5 Å². The van der Waals surface area contributed by atoms with E-state index in [0.717, 1.165) is 24.3 Å².